The van der Waals surface area contributed by atoms with Gasteiger partial charge in [-0.05, 0) is 51.1 Å². The Kier molecular flexibility index (Phi) is 11.5. The summed E-state index contributed by atoms with van der Waals surface area (Å²) in [4.78, 5) is 52.4. The Morgan fingerprint density at radius 3 is 1.79 bits per heavy atom. The van der Waals surface area contributed by atoms with Gasteiger partial charge in [0.25, 0.3) is 0 Å². The van der Waals surface area contributed by atoms with E-state index in [1.165, 1.54) is 0 Å². The lowest BCUT2D eigenvalue weighted by molar-refractivity contribution is -0.193. The van der Waals surface area contributed by atoms with Crippen LogP contribution in [0.2, 0.25) is 0 Å². The third-order valence-electron chi connectivity index (χ3n) is 5.75. The summed E-state index contributed by atoms with van der Waals surface area (Å²) in [6.45, 7) is 2.58. The van der Waals surface area contributed by atoms with Crippen molar-refractivity contribution in [2.75, 3.05) is 33.7 Å². The molecule has 38 heavy (non-hydrogen) atoms. The van der Waals surface area contributed by atoms with Crippen molar-refractivity contribution < 1.29 is 55.7 Å². The van der Waals surface area contributed by atoms with Gasteiger partial charge in [0.2, 0.25) is 11.8 Å². The normalized spacial score (nSPS) is 16.9. The fourth-order valence-corrected chi connectivity index (χ4v) is 3.86. The molecule has 0 radical (unpaired) electrons. The SMILES string of the molecule is CN(C)CC(=O)N1CCC2(CCC(=O)N2Cc2ccncc2)CC1.O=C(O)C(F)(F)F.O=C(O)C(F)(F)F. The highest BCUT2D eigenvalue weighted by molar-refractivity contribution is 5.80. The van der Waals surface area contributed by atoms with E-state index in [1.54, 1.807) is 12.4 Å². The number of piperidine rings is 1. The van der Waals surface area contributed by atoms with Crippen molar-refractivity contribution >= 4 is 23.8 Å². The Labute approximate surface area is 213 Å². The number of carboxylic acid groups (broad SMARTS) is 2. The summed E-state index contributed by atoms with van der Waals surface area (Å²) in [7, 11) is 3.82. The highest BCUT2D eigenvalue weighted by Gasteiger charge is 2.47. The van der Waals surface area contributed by atoms with E-state index in [0.717, 1.165) is 37.9 Å². The van der Waals surface area contributed by atoms with Crippen LogP contribution >= 0.6 is 0 Å². The third-order valence-corrected chi connectivity index (χ3v) is 5.75. The van der Waals surface area contributed by atoms with E-state index < -0.39 is 24.3 Å². The van der Waals surface area contributed by atoms with Crippen LogP contribution in [0.3, 0.4) is 0 Å². The number of aromatic nitrogens is 1. The maximum atomic E-state index is 12.4. The summed E-state index contributed by atoms with van der Waals surface area (Å²) in [6.07, 6.45) is -3.34. The predicted octanol–water partition coefficient (Wildman–Crippen LogP) is 2.39. The second kappa shape index (κ2) is 13.4. The van der Waals surface area contributed by atoms with Crippen LogP contribution in [-0.2, 0) is 25.7 Å². The van der Waals surface area contributed by atoms with Gasteiger partial charge in [-0.1, -0.05) is 0 Å². The molecule has 0 unspecified atom stereocenters. The van der Waals surface area contributed by atoms with Crippen molar-refractivity contribution in [3.05, 3.63) is 30.1 Å². The maximum Gasteiger partial charge on any atom is 0.490 e. The summed E-state index contributed by atoms with van der Waals surface area (Å²) in [5.74, 6) is -5.10. The molecule has 3 heterocycles. The first-order chi connectivity index (χ1) is 17.4. The molecule has 2 aliphatic heterocycles. The number of rotatable bonds is 4. The van der Waals surface area contributed by atoms with Gasteiger partial charge in [-0.15, -0.1) is 0 Å². The van der Waals surface area contributed by atoms with Crippen LogP contribution in [0.5, 0.6) is 0 Å². The summed E-state index contributed by atoms with van der Waals surface area (Å²) >= 11 is 0. The molecule has 2 aliphatic rings. The number of likely N-dealkylation sites (tertiary alicyclic amines) is 2. The lowest BCUT2D eigenvalue weighted by atomic mass is 9.84. The molecule has 1 spiro atoms. The first kappa shape index (κ1) is 32.6. The van der Waals surface area contributed by atoms with Gasteiger partial charge in [-0.2, -0.15) is 26.3 Å². The van der Waals surface area contributed by atoms with Crippen LogP contribution in [0.1, 0.15) is 31.2 Å². The van der Waals surface area contributed by atoms with Crippen molar-refractivity contribution in [2.45, 2.75) is 50.1 Å². The zero-order valence-corrected chi connectivity index (χ0v) is 20.6. The summed E-state index contributed by atoms with van der Waals surface area (Å²) in [5, 5.41) is 14.2. The van der Waals surface area contributed by atoms with Crippen LogP contribution in [0.4, 0.5) is 26.3 Å². The molecule has 3 rings (SSSR count). The Morgan fingerprint density at radius 1 is 0.947 bits per heavy atom. The van der Waals surface area contributed by atoms with Gasteiger partial charge in [0.1, 0.15) is 0 Å². The Hall–Kier alpha value is -3.43. The number of halogens is 6. The summed E-state index contributed by atoms with van der Waals surface area (Å²) < 4.78 is 63.5. The number of pyridine rings is 1. The van der Waals surface area contributed by atoms with Crippen LogP contribution in [0, 0.1) is 0 Å². The maximum absolute atomic E-state index is 12.4. The van der Waals surface area contributed by atoms with E-state index in [1.807, 2.05) is 36.0 Å². The Morgan fingerprint density at radius 2 is 1.39 bits per heavy atom. The van der Waals surface area contributed by atoms with Crippen molar-refractivity contribution in [3.8, 4) is 0 Å². The van der Waals surface area contributed by atoms with E-state index >= 15 is 0 Å². The molecule has 214 valence electrons. The van der Waals surface area contributed by atoms with Crippen LogP contribution < -0.4 is 0 Å². The van der Waals surface area contributed by atoms with E-state index in [9.17, 15) is 35.9 Å². The molecule has 1 aromatic heterocycles. The number of nitrogens with zero attached hydrogens (tertiary/aromatic N) is 4. The highest BCUT2D eigenvalue weighted by Crippen LogP contribution is 2.40. The number of hydrogen-bond acceptors (Lipinski definition) is 6. The second-order valence-corrected chi connectivity index (χ2v) is 8.78. The zero-order valence-electron chi connectivity index (χ0n) is 20.6. The standard InChI is InChI=1S/C18H26N4O2.2C2HF3O2/c1-20(2)14-17(24)21-11-7-18(8-12-21)6-3-16(23)22(18)13-15-4-9-19-10-5-15;2*3-2(4,5)1(6)7/h4-5,9-10H,3,6-8,11-14H2,1-2H3;2*(H,6,7). The molecule has 0 bridgehead atoms. The molecular formula is C22H28F6N4O6. The van der Waals surface area contributed by atoms with Crippen molar-refractivity contribution in [3.63, 3.8) is 0 Å². The van der Waals surface area contributed by atoms with E-state index in [2.05, 4.69) is 9.88 Å². The number of alkyl halides is 6. The van der Waals surface area contributed by atoms with E-state index in [4.69, 9.17) is 19.8 Å². The van der Waals surface area contributed by atoms with Crippen molar-refractivity contribution in [1.29, 1.82) is 0 Å². The number of carboxylic acids is 2. The largest absolute Gasteiger partial charge is 0.490 e. The molecule has 2 fully saturated rings. The monoisotopic (exact) mass is 558 g/mol. The third kappa shape index (κ3) is 10.1. The molecule has 10 nitrogen and oxygen atoms in total. The van der Waals surface area contributed by atoms with Gasteiger partial charge in [0, 0.05) is 44.0 Å². The smallest absolute Gasteiger partial charge is 0.475 e. The molecule has 2 N–H and O–H groups in total. The van der Waals surface area contributed by atoms with Gasteiger partial charge in [0.05, 0.1) is 6.54 Å². The van der Waals surface area contributed by atoms with Crippen molar-refractivity contribution in [2.24, 2.45) is 0 Å². The lowest BCUT2D eigenvalue weighted by Gasteiger charge is -2.45. The van der Waals surface area contributed by atoms with Gasteiger partial charge in [0.15, 0.2) is 0 Å². The van der Waals surface area contributed by atoms with Crippen LogP contribution in [-0.4, -0.2) is 105 Å². The topological polar surface area (TPSA) is 131 Å². The molecule has 0 aromatic carbocycles. The van der Waals surface area contributed by atoms with Gasteiger partial charge in [-0.25, -0.2) is 9.59 Å². The number of aliphatic carboxylic acids is 2. The minimum atomic E-state index is -5.08. The summed E-state index contributed by atoms with van der Waals surface area (Å²) in [6, 6.07) is 3.93. The molecule has 2 amide bonds. The van der Waals surface area contributed by atoms with Crippen LogP contribution in [0.25, 0.3) is 0 Å². The molecule has 0 aliphatic carbocycles. The van der Waals surface area contributed by atoms with E-state index in [-0.39, 0.29) is 17.4 Å². The minimum Gasteiger partial charge on any atom is -0.475 e. The van der Waals surface area contributed by atoms with E-state index in [0.29, 0.717) is 19.5 Å². The van der Waals surface area contributed by atoms with Gasteiger partial charge >= 0.3 is 24.3 Å². The quantitative estimate of drug-likeness (QED) is 0.539. The first-order valence-corrected chi connectivity index (χ1v) is 11.1. The number of likely N-dealkylation sites (N-methyl/N-ethyl adjacent to an activating group) is 1. The fraction of sp³-hybridized carbons (Fsp3) is 0.591. The lowest BCUT2D eigenvalue weighted by Crippen LogP contribution is -2.54. The summed E-state index contributed by atoms with van der Waals surface area (Å²) in [5.41, 5.74) is 1.04. The molecule has 16 heteroatoms. The fourth-order valence-electron chi connectivity index (χ4n) is 3.86. The highest BCUT2D eigenvalue weighted by atomic mass is 19.4. The molecule has 1 aromatic rings. The number of carbonyl (C=O) groups excluding carboxylic acids is 2. The number of amides is 2. The second-order valence-electron chi connectivity index (χ2n) is 8.78. The zero-order chi connectivity index (χ0) is 29.3. The number of carbonyl (C=O) groups is 4. The molecule has 0 saturated carbocycles. The van der Waals surface area contributed by atoms with Crippen LogP contribution in [0.15, 0.2) is 24.5 Å². The average Bonchev–Trinajstić information content (AvgIpc) is 3.09. The average molecular weight is 558 g/mol. The number of hydrogen-bond donors (Lipinski definition) is 2. The predicted molar refractivity (Wildman–Crippen MR) is 119 cm³/mol. The minimum absolute atomic E-state index is 0.0742. The van der Waals surface area contributed by atoms with Gasteiger partial charge in [-0.3, -0.25) is 14.6 Å². The van der Waals surface area contributed by atoms with Crippen molar-refractivity contribution in [1.82, 2.24) is 19.7 Å². The Balaban J connectivity index is 0.000000426. The molecular weight excluding hydrogens is 530 g/mol. The first-order valence-electron chi connectivity index (χ1n) is 11.1. The Bertz CT molecular complexity index is 939. The van der Waals surface area contributed by atoms with Gasteiger partial charge < -0.3 is 24.9 Å². The molecule has 2 saturated heterocycles. The molecule has 0 atom stereocenters.